The van der Waals surface area contributed by atoms with Crippen molar-refractivity contribution in [3.63, 3.8) is 0 Å². The third-order valence-corrected chi connectivity index (χ3v) is 7.43. The summed E-state index contributed by atoms with van der Waals surface area (Å²) in [5.41, 5.74) is 0.698. The highest BCUT2D eigenvalue weighted by atomic mass is 16.7. The van der Waals surface area contributed by atoms with Crippen LogP contribution >= 0.6 is 0 Å². The van der Waals surface area contributed by atoms with Crippen molar-refractivity contribution in [2.75, 3.05) is 36.0 Å². The van der Waals surface area contributed by atoms with Gasteiger partial charge in [0.25, 0.3) is 5.91 Å². The van der Waals surface area contributed by atoms with Crippen molar-refractivity contribution in [3.05, 3.63) is 36.5 Å². The molecule has 2 amide bonds. The molecule has 5 heterocycles. The van der Waals surface area contributed by atoms with E-state index in [1.807, 2.05) is 0 Å². The second-order valence-corrected chi connectivity index (χ2v) is 9.42. The molecule has 0 bridgehead atoms. The molecule has 1 aliphatic carbocycles. The minimum absolute atomic E-state index is 0.0534. The molecule has 6 rings (SSSR count). The lowest BCUT2D eigenvalue weighted by Crippen LogP contribution is -2.49. The van der Waals surface area contributed by atoms with Crippen LogP contribution in [-0.2, 0) is 14.4 Å². The second kappa shape index (κ2) is 8.02. The summed E-state index contributed by atoms with van der Waals surface area (Å²) in [6.45, 7) is 2.65. The van der Waals surface area contributed by atoms with E-state index in [-0.39, 0.29) is 29.2 Å². The Morgan fingerprint density at radius 1 is 1.12 bits per heavy atom. The van der Waals surface area contributed by atoms with Crippen LogP contribution in [0.2, 0.25) is 0 Å². The smallest absolute Gasteiger partial charge is 0.250 e. The molecular formula is C23H27N7O3. The highest BCUT2D eigenvalue weighted by molar-refractivity contribution is 5.94. The minimum atomic E-state index is -0.182. The Balaban J connectivity index is 1.18. The highest BCUT2D eigenvalue weighted by Gasteiger charge is 2.57. The summed E-state index contributed by atoms with van der Waals surface area (Å²) in [5.74, 6) is 1.39. The van der Waals surface area contributed by atoms with Crippen molar-refractivity contribution in [1.82, 2.24) is 25.0 Å². The number of hydroxylamine groups is 2. The first kappa shape index (κ1) is 20.5. The predicted molar refractivity (Wildman–Crippen MR) is 118 cm³/mol. The van der Waals surface area contributed by atoms with Crippen LogP contribution < -0.4 is 9.80 Å². The topological polar surface area (TPSA) is 105 Å². The maximum atomic E-state index is 13.6. The van der Waals surface area contributed by atoms with Crippen LogP contribution in [0.25, 0.3) is 0 Å². The normalized spacial score (nSPS) is 26.3. The summed E-state index contributed by atoms with van der Waals surface area (Å²) < 4.78 is 0. The number of rotatable bonds is 4. The summed E-state index contributed by atoms with van der Waals surface area (Å²) in [4.78, 5) is 53.2. The Kier molecular flexibility index (Phi) is 4.97. The molecule has 0 N–H and O–H groups in total. The summed E-state index contributed by atoms with van der Waals surface area (Å²) in [5, 5.41) is 1.56. The average molecular weight is 450 g/mol. The van der Waals surface area contributed by atoms with Gasteiger partial charge in [0, 0.05) is 57.0 Å². The van der Waals surface area contributed by atoms with Crippen LogP contribution in [0.1, 0.15) is 50.3 Å². The summed E-state index contributed by atoms with van der Waals surface area (Å²) >= 11 is 0. The molecule has 4 aliphatic rings. The van der Waals surface area contributed by atoms with Gasteiger partial charge in [-0.15, -0.1) is 0 Å². The first-order valence-electron chi connectivity index (χ1n) is 11.7. The van der Waals surface area contributed by atoms with Gasteiger partial charge in [0.15, 0.2) is 0 Å². The van der Waals surface area contributed by atoms with Gasteiger partial charge >= 0.3 is 0 Å². The van der Waals surface area contributed by atoms with E-state index in [9.17, 15) is 9.59 Å². The third kappa shape index (κ3) is 3.62. The first-order chi connectivity index (χ1) is 16.1. The van der Waals surface area contributed by atoms with E-state index < -0.39 is 0 Å². The molecule has 4 fully saturated rings. The molecular weight excluding hydrogens is 422 g/mol. The fourth-order valence-corrected chi connectivity index (χ4v) is 5.51. The maximum Gasteiger partial charge on any atom is 0.250 e. The monoisotopic (exact) mass is 449 g/mol. The van der Waals surface area contributed by atoms with Crippen LogP contribution in [0.5, 0.6) is 0 Å². The number of piperidine rings is 1. The zero-order valence-electron chi connectivity index (χ0n) is 18.5. The number of aromatic nitrogens is 4. The molecule has 10 heteroatoms. The van der Waals surface area contributed by atoms with Crippen molar-refractivity contribution in [3.8, 4) is 0 Å². The molecule has 3 aliphatic heterocycles. The predicted octanol–water partition coefficient (Wildman–Crippen LogP) is 1.91. The van der Waals surface area contributed by atoms with Crippen molar-refractivity contribution in [1.29, 1.82) is 0 Å². The number of hydrogen-bond donors (Lipinski definition) is 0. The van der Waals surface area contributed by atoms with E-state index in [0.29, 0.717) is 37.9 Å². The van der Waals surface area contributed by atoms with Gasteiger partial charge in [0.1, 0.15) is 11.9 Å². The molecule has 3 saturated heterocycles. The van der Waals surface area contributed by atoms with Gasteiger partial charge in [-0.05, 0) is 37.2 Å². The Bertz CT molecular complexity index is 1060. The van der Waals surface area contributed by atoms with Gasteiger partial charge in [0.2, 0.25) is 11.9 Å². The number of hydrogen-bond acceptors (Lipinski definition) is 8. The molecule has 0 radical (unpaired) electrons. The van der Waals surface area contributed by atoms with Crippen LogP contribution in [-0.4, -0.2) is 63.1 Å². The minimum Gasteiger partial charge on any atom is -0.340 e. The molecule has 2 atom stereocenters. The molecule has 10 nitrogen and oxygen atoms in total. The van der Waals surface area contributed by atoms with E-state index in [0.717, 1.165) is 44.3 Å². The van der Waals surface area contributed by atoms with Crippen LogP contribution in [0.15, 0.2) is 30.9 Å². The van der Waals surface area contributed by atoms with Crippen LogP contribution in [0.4, 0.5) is 11.8 Å². The summed E-state index contributed by atoms with van der Waals surface area (Å²) in [6, 6.07) is 1.62. The number of carbonyl (C=O) groups is 2. The standard InChI is InChI=1S/C23H27N7O3/c31-20-2-1-11-29(20)19-3-8-26-22(27-19)28-12-4-16(23(15-28)6-7-23)21(32)30-18(5-13-33-30)17-14-24-9-10-25-17/h3,8-10,14,16,18H,1-2,4-7,11-13,15H2/t16-,18-/m0/s1. The average Bonchev–Trinajstić information content (AvgIpc) is 3.24. The van der Waals surface area contributed by atoms with Crippen LogP contribution in [0, 0.1) is 11.3 Å². The molecule has 33 heavy (non-hydrogen) atoms. The Morgan fingerprint density at radius 2 is 2.03 bits per heavy atom. The molecule has 1 saturated carbocycles. The number of carbonyl (C=O) groups excluding carboxylic acids is 2. The lowest BCUT2D eigenvalue weighted by molar-refractivity contribution is -0.185. The Morgan fingerprint density at radius 3 is 2.79 bits per heavy atom. The third-order valence-electron chi connectivity index (χ3n) is 7.43. The lowest BCUT2D eigenvalue weighted by atomic mass is 9.81. The van der Waals surface area contributed by atoms with Crippen molar-refractivity contribution < 1.29 is 14.4 Å². The van der Waals surface area contributed by atoms with Gasteiger partial charge in [0.05, 0.1) is 18.5 Å². The maximum absolute atomic E-state index is 13.6. The zero-order valence-corrected chi connectivity index (χ0v) is 18.5. The quantitative estimate of drug-likeness (QED) is 0.697. The van der Waals surface area contributed by atoms with E-state index in [1.165, 1.54) is 0 Å². The number of anilines is 2. The van der Waals surface area contributed by atoms with Gasteiger partial charge in [-0.25, -0.2) is 10.0 Å². The Labute approximate surface area is 191 Å². The van der Waals surface area contributed by atoms with E-state index in [4.69, 9.17) is 9.82 Å². The molecule has 0 unspecified atom stereocenters. The van der Waals surface area contributed by atoms with E-state index >= 15 is 0 Å². The van der Waals surface area contributed by atoms with E-state index in [2.05, 4.69) is 19.9 Å². The zero-order chi connectivity index (χ0) is 22.4. The Hall–Kier alpha value is -3.14. The van der Waals surface area contributed by atoms with Crippen molar-refractivity contribution in [2.24, 2.45) is 11.3 Å². The SMILES string of the molecule is O=C1CCCN1c1ccnc(N2CC[C@@H](C(=O)N3OCC[C@H]3c3cnccn3)C3(CC3)C2)n1. The molecule has 172 valence electrons. The summed E-state index contributed by atoms with van der Waals surface area (Å²) in [6.07, 6.45) is 11.6. The van der Waals surface area contributed by atoms with E-state index in [1.54, 1.807) is 40.8 Å². The number of amides is 2. The van der Waals surface area contributed by atoms with Gasteiger partial charge in [-0.2, -0.15) is 4.98 Å². The van der Waals surface area contributed by atoms with Crippen molar-refractivity contribution >= 4 is 23.6 Å². The lowest BCUT2D eigenvalue weighted by Gasteiger charge is -2.40. The first-order valence-corrected chi connectivity index (χ1v) is 11.7. The molecule has 2 aromatic heterocycles. The van der Waals surface area contributed by atoms with Crippen molar-refractivity contribution in [2.45, 2.75) is 44.6 Å². The molecule has 1 spiro atoms. The highest BCUT2D eigenvalue weighted by Crippen LogP contribution is 2.57. The van der Waals surface area contributed by atoms with Gasteiger partial charge in [-0.1, -0.05) is 0 Å². The molecule has 2 aromatic rings. The largest absolute Gasteiger partial charge is 0.340 e. The summed E-state index contributed by atoms with van der Waals surface area (Å²) in [7, 11) is 0. The fourth-order valence-electron chi connectivity index (χ4n) is 5.51. The van der Waals surface area contributed by atoms with Gasteiger partial charge in [-0.3, -0.25) is 29.3 Å². The molecule has 0 aromatic carbocycles. The number of nitrogens with zero attached hydrogens (tertiary/aromatic N) is 7. The fraction of sp³-hybridized carbons (Fsp3) is 0.565. The van der Waals surface area contributed by atoms with Gasteiger partial charge < -0.3 is 4.90 Å². The second-order valence-electron chi connectivity index (χ2n) is 9.42. The van der Waals surface area contributed by atoms with Crippen LogP contribution in [0.3, 0.4) is 0 Å².